The van der Waals surface area contributed by atoms with Crippen LogP contribution in [0.3, 0.4) is 0 Å². The van der Waals surface area contributed by atoms with Crippen molar-refractivity contribution in [1.82, 2.24) is 15.3 Å². The van der Waals surface area contributed by atoms with Crippen LogP contribution in [0.2, 0.25) is 5.02 Å². The van der Waals surface area contributed by atoms with Crippen molar-refractivity contribution in [2.75, 3.05) is 0 Å². The Bertz CT molecular complexity index is 679. The van der Waals surface area contributed by atoms with Gasteiger partial charge in [-0.05, 0) is 43.4 Å². The van der Waals surface area contributed by atoms with Crippen molar-refractivity contribution in [2.45, 2.75) is 44.8 Å². The maximum atomic E-state index is 12.2. The van der Waals surface area contributed by atoms with Crippen LogP contribution >= 0.6 is 11.6 Å². The van der Waals surface area contributed by atoms with Crippen LogP contribution in [-0.2, 0) is 11.2 Å². The first-order valence-electron chi connectivity index (χ1n) is 7.66. The molecule has 0 saturated heterocycles. The summed E-state index contributed by atoms with van der Waals surface area (Å²) >= 11 is 5.94. The average Bonchev–Trinajstić information content (AvgIpc) is 2.82. The minimum Gasteiger partial charge on any atom is -0.393 e. The Balaban J connectivity index is 1.62. The van der Waals surface area contributed by atoms with Gasteiger partial charge >= 0.3 is 0 Å². The third-order valence-electron chi connectivity index (χ3n) is 4.33. The smallest absolute Gasteiger partial charge is 0.227 e. The van der Waals surface area contributed by atoms with Crippen molar-refractivity contribution in [3.05, 3.63) is 29.0 Å². The van der Waals surface area contributed by atoms with E-state index in [1.165, 1.54) is 0 Å². The lowest BCUT2D eigenvalue weighted by molar-refractivity contribution is -0.122. The molecule has 0 aliphatic heterocycles. The molecule has 1 amide bonds. The van der Waals surface area contributed by atoms with Gasteiger partial charge in [-0.3, -0.25) is 4.79 Å². The molecule has 1 aliphatic carbocycles. The maximum absolute atomic E-state index is 12.2. The molecule has 118 valence electrons. The molecule has 1 saturated carbocycles. The van der Waals surface area contributed by atoms with E-state index < -0.39 is 0 Å². The largest absolute Gasteiger partial charge is 0.393 e. The Morgan fingerprint density at radius 3 is 3.00 bits per heavy atom. The molecule has 1 heterocycles. The van der Waals surface area contributed by atoms with Crippen molar-refractivity contribution in [2.24, 2.45) is 5.92 Å². The summed E-state index contributed by atoms with van der Waals surface area (Å²) in [5.41, 5.74) is 1.64. The first-order valence-corrected chi connectivity index (χ1v) is 8.04. The summed E-state index contributed by atoms with van der Waals surface area (Å²) in [5.74, 6) is 0.982. The summed E-state index contributed by atoms with van der Waals surface area (Å²) in [6.07, 6.45) is 2.46. The number of carbonyl (C=O) groups is 1. The fraction of sp³-hybridized carbons (Fsp3) is 0.500. The van der Waals surface area contributed by atoms with Crippen LogP contribution in [0.5, 0.6) is 0 Å². The third kappa shape index (κ3) is 3.25. The van der Waals surface area contributed by atoms with Crippen molar-refractivity contribution >= 4 is 28.5 Å². The van der Waals surface area contributed by atoms with E-state index in [0.717, 1.165) is 30.3 Å². The second kappa shape index (κ2) is 6.26. The molecule has 5 nitrogen and oxygen atoms in total. The number of imidazole rings is 1. The third-order valence-corrected chi connectivity index (χ3v) is 4.56. The highest BCUT2D eigenvalue weighted by Gasteiger charge is 2.33. The number of H-pyrrole nitrogens is 1. The van der Waals surface area contributed by atoms with Gasteiger partial charge < -0.3 is 15.4 Å². The van der Waals surface area contributed by atoms with Gasteiger partial charge in [0.25, 0.3) is 0 Å². The van der Waals surface area contributed by atoms with Crippen LogP contribution in [0.25, 0.3) is 11.0 Å². The number of amides is 1. The number of halogens is 1. The van der Waals surface area contributed by atoms with Crippen molar-refractivity contribution in [3.8, 4) is 0 Å². The zero-order valence-electron chi connectivity index (χ0n) is 12.5. The predicted octanol–water partition coefficient (Wildman–Crippen LogP) is 2.42. The lowest BCUT2D eigenvalue weighted by Crippen LogP contribution is -2.47. The summed E-state index contributed by atoms with van der Waals surface area (Å²) in [5, 5.41) is 13.1. The minimum atomic E-state index is -0.198. The van der Waals surface area contributed by atoms with Gasteiger partial charge in [-0.2, -0.15) is 0 Å². The van der Waals surface area contributed by atoms with Crippen LogP contribution in [0.4, 0.5) is 0 Å². The van der Waals surface area contributed by atoms with Crippen LogP contribution in [0, 0.1) is 5.92 Å². The summed E-state index contributed by atoms with van der Waals surface area (Å²) in [4.78, 5) is 19.7. The number of aliphatic hydroxyl groups is 1. The lowest BCUT2D eigenvalue weighted by atomic mass is 9.76. The number of hydrogen-bond acceptors (Lipinski definition) is 3. The zero-order chi connectivity index (χ0) is 15.7. The Hall–Kier alpha value is -1.59. The van der Waals surface area contributed by atoms with E-state index in [9.17, 15) is 9.90 Å². The summed E-state index contributed by atoms with van der Waals surface area (Å²) < 4.78 is 0. The van der Waals surface area contributed by atoms with Gasteiger partial charge in [0.2, 0.25) is 5.91 Å². The van der Waals surface area contributed by atoms with Crippen molar-refractivity contribution < 1.29 is 9.90 Å². The minimum absolute atomic E-state index is 0.0432. The first kappa shape index (κ1) is 15.3. The molecule has 0 bridgehead atoms. The molecule has 2 aromatic rings. The number of aromatic amines is 1. The molecule has 22 heavy (non-hydrogen) atoms. The maximum Gasteiger partial charge on any atom is 0.227 e. The number of aromatic nitrogens is 2. The van der Waals surface area contributed by atoms with E-state index in [0.29, 0.717) is 16.8 Å². The van der Waals surface area contributed by atoms with Crippen LogP contribution < -0.4 is 5.32 Å². The van der Waals surface area contributed by atoms with Crippen LogP contribution in [-0.4, -0.2) is 33.1 Å². The molecule has 0 spiro atoms. The van der Waals surface area contributed by atoms with Crippen molar-refractivity contribution in [3.63, 3.8) is 0 Å². The number of fused-ring (bicyclic) bond motifs is 1. The Morgan fingerprint density at radius 2 is 2.32 bits per heavy atom. The summed E-state index contributed by atoms with van der Waals surface area (Å²) in [6, 6.07) is 5.55. The van der Waals surface area contributed by atoms with E-state index in [1.54, 1.807) is 12.1 Å². The van der Waals surface area contributed by atoms with Gasteiger partial charge in [0, 0.05) is 11.1 Å². The summed E-state index contributed by atoms with van der Waals surface area (Å²) in [7, 11) is 0. The number of nitrogens with zero attached hydrogens (tertiary/aromatic N) is 1. The Labute approximate surface area is 134 Å². The predicted molar refractivity (Wildman–Crippen MR) is 85.8 cm³/mol. The Kier molecular flexibility index (Phi) is 4.36. The molecule has 0 radical (unpaired) electrons. The van der Waals surface area contributed by atoms with Crippen LogP contribution in [0.15, 0.2) is 18.2 Å². The van der Waals surface area contributed by atoms with Gasteiger partial charge in [0.1, 0.15) is 5.82 Å². The average molecular weight is 322 g/mol. The molecule has 1 atom stereocenters. The Morgan fingerprint density at radius 1 is 1.55 bits per heavy atom. The highest BCUT2D eigenvalue weighted by Crippen LogP contribution is 2.31. The van der Waals surface area contributed by atoms with Gasteiger partial charge in [-0.15, -0.1) is 0 Å². The van der Waals surface area contributed by atoms with Gasteiger partial charge in [0.05, 0.1) is 23.6 Å². The highest BCUT2D eigenvalue weighted by molar-refractivity contribution is 6.31. The van der Waals surface area contributed by atoms with Gasteiger partial charge in [0.15, 0.2) is 0 Å². The SMILES string of the molecule is CC[C@@H](NC(=O)Cc1nc2ccc(Cl)cc2[nH]1)C1CC(O)C1. The molecule has 1 aromatic heterocycles. The first-order chi connectivity index (χ1) is 10.5. The molecule has 1 fully saturated rings. The summed E-state index contributed by atoms with van der Waals surface area (Å²) in [6.45, 7) is 2.05. The molecule has 1 aromatic carbocycles. The van der Waals surface area contributed by atoms with E-state index in [2.05, 4.69) is 22.2 Å². The van der Waals surface area contributed by atoms with E-state index in [1.807, 2.05) is 6.07 Å². The number of rotatable bonds is 5. The number of aliphatic hydroxyl groups excluding tert-OH is 1. The molecular weight excluding hydrogens is 302 g/mol. The number of benzene rings is 1. The van der Waals surface area contributed by atoms with E-state index in [4.69, 9.17) is 11.6 Å². The monoisotopic (exact) mass is 321 g/mol. The fourth-order valence-electron chi connectivity index (χ4n) is 3.04. The molecule has 0 unspecified atom stereocenters. The second-order valence-electron chi connectivity index (χ2n) is 5.99. The number of nitrogens with one attached hydrogen (secondary N) is 2. The van der Waals surface area contributed by atoms with Crippen LogP contribution in [0.1, 0.15) is 32.0 Å². The van der Waals surface area contributed by atoms with E-state index >= 15 is 0 Å². The normalized spacial score (nSPS) is 22.3. The number of carbonyl (C=O) groups excluding carboxylic acids is 1. The van der Waals surface area contributed by atoms with Gasteiger partial charge in [-0.1, -0.05) is 18.5 Å². The molecule has 3 rings (SSSR count). The van der Waals surface area contributed by atoms with Gasteiger partial charge in [-0.25, -0.2) is 4.98 Å². The highest BCUT2D eigenvalue weighted by atomic mass is 35.5. The van der Waals surface area contributed by atoms with Crippen molar-refractivity contribution in [1.29, 1.82) is 0 Å². The fourth-order valence-corrected chi connectivity index (χ4v) is 3.21. The lowest BCUT2D eigenvalue weighted by Gasteiger charge is -2.37. The molecule has 3 N–H and O–H groups in total. The molecule has 1 aliphatic rings. The quantitative estimate of drug-likeness (QED) is 0.791. The zero-order valence-corrected chi connectivity index (χ0v) is 13.2. The number of hydrogen-bond donors (Lipinski definition) is 3. The standard InChI is InChI=1S/C16H20ClN3O2/c1-2-12(9-5-11(21)6-9)20-16(22)8-15-18-13-4-3-10(17)7-14(13)19-15/h3-4,7,9,11-12,21H,2,5-6,8H2,1H3,(H,18,19)(H,20,22)/t9?,11?,12-/m1/s1. The molecular formula is C16H20ClN3O2. The second-order valence-corrected chi connectivity index (χ2v) is 6.43. The molecule has 6 heteroatoms. The van der Waals surface area contributed by atoms with E-state index in [-0.39, 0.29) is 24.5 Å². The topological polar surface area (TPSA) is 78.0 Å².